The normalized spacial score (nSPS) is 10.3. The lowest BCUT2D eigenvalue weighted by molar-refractivity contribution is 0.251. The zero-order valence-electron chi connectivity index (χ0n) is 6.32. The molecular formula is C9H7N2O. The molecule has 0 unspecified atom stereocenters. The van der Waals surface area contributed by atoms with Crippen LogP contribution in [0.15, 0.2) is 30.5 Å². The van der Waals surface area contributed by atoms with Crippen LogP contribution in [0.2, 0.25) is 0 Å². The third-order valence-electron chi connectivity index (χ3n) is 1.75. The second kappa shape index (κ2) is 2.37. The summed E-state index contributed by atoms with van der Waals surface area (Å²) in [6.45, 7) is 0. The lowest BCUT2D eigenvalue weighted by Crippen LogP contribution is -2.17. The number of hydrogen-bond donors (Lipinski definition) is 1. The Balaban J connectivity index is 2.79. The molecule has 0 aliphatic carbocycles. The summed E-state index contributed by atoms with van der Waals surface area (Å²) in [6.07, 6.45) is 1.55. The maximum Gasteiger partial charge on any atom is 0.323 e. The van der Waals surface area contributed by atoms with Crippen molar-refractivity contribution >= 4 is 16.9 Å². The standard InChI is InChI=1S/C9H7N2O/c10-9(12)11-6-5-7-3-1-2-4-8(7)11/h1-4,6H,(H2,10,12). The third-order valence-corrected chi connectivity index (χ3v) is 1.75. The molecule has 2 N–H and O–H groups in total. The van der Waals surface area contributed by atoms with Gasteiger partial charge in [0.25, 0.3) is 0 Å². The molecule has 0 bridgehead atoms. The van der Waals surface area contributed by atoms with Gasteiger partial charge >= 0.3 is 6.03 Å². The minimum absolute atomic E-state index is 0.479. The van der Waals surface area contributed by atoms with E-state index < -0.39 is 6.03 Å². The molecule has 59 valence electrons. The van der Waals surface area contributed by atoms with Gasteiger partial charge in [-0.25, -0.2) is 4.79 Å². The van der Waals surface area contributed by atoms with E-state index in [4.69, 9.17) is 5.73 Å². The van der Waals surface area contributed by atoms with Gasteiger partial charge in [-0.05, 0) is 6.07 Å². The first-order valence-electron chi connectivity index (χ1n) is 3.56. The number of nitrogens with zero attached hydrogens (tertiary/aromatic N) is 1. The van der Waals surface area contributed by atoms with E-state index in [1.54, 1.807) is 6.20 Å². The van der Waals surface area contributed by atoms with E-state index in [1.807, 2.05) is 24.3 Å². The molecule has 0 aliphatic heterocycles. The fourth-order valence-corrected chi connectivity index (χ4v) is 1.19. The Labute approximate surface area is 69.4 Å². The lowest BCUT2D eigenvalue weighted by Gasteiger charge is -1.96. The largest absolute Gasteiger partial charge is 0.351 e. The van der Waals surface area contributed by atoms with Gasteiger partial charge in [0, 0.05) is 17.6 Å². The Kier molecular flexibility index (Phi) is 1.37. The Hall–Kier alpha value is -1.77. The van der Waals surface area contributed by atoms with Crippen LogP contribution in [0.3, 0.4) is 0 Å². The number of amides is 1. The molecular weight excluding hydrogens is 152 g/mol. The van der Waals surface area contributed by atoms with Crippen LogP contribution in [0.1, 0.15) is 0 Å². The van der Waals surface area contributed by atoms with Gasteiger partial charge in [0.05, 0.1) is 5.52 Å². The van der Waals surface area contributed by atoms with Crippen molar-refractivity contribution in [1.82, 2.24) is 4.57 Å². The summed E-state index contributed by atoms with van der Waals surface area (Å²) in [6, 6.07) is 9.92. The average molecular weight is 159 g/mol. The second-order valence-electron chi connectivity index (χ2n) is 2.50. The molecule has 1 aromatic heterocycles. The number of hydrogen-bond acceptors (Lipinski definition) is 1. The average Bonchev–Trinajstić information content (AvgIpc) is 2.47. The van der Waals surface area contributed by atoms with Gasteiger partial charge in [-0.1, -0.05) is 18.2 Å². The van der Waals surface area contributed by atoms with Crippen molar-refractivity contribution in [2.75, 3.05) is 0 Å². The van der Waals surface area contributed by atoms with E-state index in [2.05, 4.69) is 6.07 Å². The lowest BCUT2D eigenvalue weighted by atomic mass is 10.2. The smallest absolute Gasteiger partial charge is 0.323 e. The van der Waals surface area contributed by atoms with Gasteiger partial charge in [-0.3, -0.25) is 4.57 Å². The molecule has 3 heteroatoms. The van der Waals surface area contributed by atoms with Crippen LogP contribution < -0.4 is 5.73 Å². The highest BCUT2D eigenvalue weighted by Gasteiger charge is 2.02. The molecule has 0 atom stereocenters. The highest BCUT2D eigenvalue weighted by molar-refractivity contribution is 5.90. The molecule has 0 saturated carbocycles. The molecule has 0 aliphatic rings. The molecule has 12 heavy (non-hydrogen) atoms. The number of fused-ring (bicyclic) bond motifs is 1. The van der Waals surface area contributed by atoms with Crippen molar-refractivity contribution < 1.29 is 4.79 Å². The van der Waals surface area contributed by atoms with Crippen LogP contribution in [0, 0.1) is 6.07 Å². The minimum Gasteiger partial charge on any atom is -0.351 e. The van der Waals surface area contributed by atoms with Crippen LogP contribution >= 0.6 is 0 Å². The van der Waals surface area contributed by atoms with E-state index in [0.29, 0.717) is 0 Å². The third kappa shape index (κ3) is 0.871. The number of aromatic nitrogens is 1. The van der Waals surface area contributed by atoms with E-state index in [-0.39, 0.29) is 0 Å². The van der Waals surface area contributed by atoms with Crippen LogP contribution in [-0.2, 0) is 0 Å². The topological polar surface area (TPSA) is 48.0 Å². The predicted octanol–water partition coefficient (Wildman–Crippen LogP) is 1.37. The summed E-state index contributed by atoms with van der Waals surface area (Å²) in [4.78, 5) is 10.8. The molecule has 1 aromatic carbocycles. The number of para-hydroxylation sites is 1. The molecule has 2 rings (SSSR count). The summed E-state index contributed by atoms with van der Waals surface area (Å²) in [5, 5.41) is 0.899. The number of benzene rings is 1. The van der Waals surface area contributed by atoms with Gasteiger partial charge < -0.3 is 5.73 Å². The van der Waals surface area contributed by atoms with E-state index >= 15 is 0 Å². The van der Waals surface area contributed by atoms with Gasteiger partial charge in [0.15, 0.2) is 0 Å². The van der Waals surface area contributed by atoms with Crippen molar-refractivity contribution in [2.45, 2.75) is 0 Å². The minimum atomic E-state index is -0.479. The highest BCUT2D eigenvalue weighted by Crippen LogP contribution is 2.13. The maximum atomic E-state index is 10.8. The molecule has 1 heterocycles. The van der Waals surface area contributed by atoms with Crippen molar-refractivity contribution in [3.05, 3.63) is 36.5 Å². The molecule has 1 radical (unpaired) electrons. The second-order valence-corrected chi connectivity index (χ2v) is 2.50. The maximum absolute atomic E-state index is 10.8. The number of rotatable bonds is 0. The first kappa shape index (κ1) is 6.91. The molecule has 1 amide bonds. The zero-order chi connectivity index (χ0) is 8.55. The van der Waals surface area contributed by atoms with Crippen LogP contribution in [0.25, 0.3) is 10.9 Å². The number of primary amides is 1. The summed E-state index contributed by atoms with van der Waals surface area (Å²) in [5.74, 6) is 0. The summed E-state index contributed by atoms with van der Waals surface area (Å²) in [7, 11) is 0. The van der Waals surface area contributed by atoms with Gasteiger partial charge in [-0.2, -0.15) is 0 Å². The monoisotopic (exact) mass is 159 g/mol. The SMILES string of the molecule is NC(=O)n1c[c]c2ccccc21. The quantitative estimate of drug-likeness (QED) is 0.620. The molecule has 0 fully saturated rings. The van der Waals surface area contributed by atoms with Gasteiger partial charge in [0.2, 0.25) is 0 Å². The molecule has 3 nitrogen and oxygen atoms in total. The Morgan fingerprint density at radius 1 is 1.42 bits per heavy atom. The Bertz CT molecular complexity index is 431. The molecule has 0 spiro atoms. The highest BCUT2D eigenvalue weighted by atomic mass is 16.2. The van der Waals surface area contributed by atoms with Crippen LogP contribution in [0.4, 0.5) is 4.79 Å². The number of carbonyl (C=O) groups is 1. The predicted molar refractivity (Wildman–Crippen MR) is 45.8 cm³/mol. The number of carbonyl (C=O) groups excluding carboxylic acids is 1. The van der Waals surface area contributed by atoms with Gasteiger partial charge in [-0.15, -0.1) is 0 Å². The number of nitrogens with two attached hydrogens (primary N) is 1. The molecule has 2 aromatic rings. The fourth-order valence-electron chi connectivity index (χ4n) is 1.19. The first-order valence-corrected chi connectivity index (χ1v) is 3.56. The van der Waals surface area contributed by atoms with Gasteiger partial charge in [0.1, 0.15) is 0 Å². The summed E-state index contributed by atoms with van der Waals surface area (Å²) < 4.78 is 1.37. The van der Waals surface area contributed by atoms with Crippen LogP contribution in [-0.4, -0.2) is 10.6 Å². The van der Waals surface area contributed by atoms with E-state index in [1.165, 1.54) is 4.57 Å². The van der Waals surface area contributed by atoms with Crippen molar-refractivity contribution in [3.63, 3.8) is 0 Å². The van der Waals surface area contributed by atoms with E-state index in [9.17, 15) is 4.79 Å². The first-order chi connectivity index (χ1) is 5.79. The molecule has 0 saturated heterocycles. The van der Waals surface area contributed by atoms with E-state index in [0.717, 1.165) is 10.9 Å². The van der Waals surface area contributed by atoms with Crippen molar-refractivity contribution in [2.24, 2.45) is 5.73 Å². The Morgan fingerprint density at radius 3 is 2.92 bits per heavy atom. The van der Waals surface area contributed by atoms with Crippen molar-refractivity contribution in [1.29, 1.82) is 0 Å². The van der Waals surface area contributed by atoms with Crippen LogP contribution in [0.5, 0.6) is 0 Å². The fraction of sp³-hybridized carbons (Fsp3) is 0. The zero-order valence-corrected chi connectivity index (χ0v) is 6.32. The summed E-state index contributed by atoms with van der Waals surface area (Å²) in [5.41, 5.74) is 5.92. The summed E-state index contributed by atoms with van der Waals surface area (Å²) >= 11 is 0. The van der Waals surface area contributed by atoms with Crippen molar-refractivity contribution in [3.8, 4) is 0 Å². The Morgan fingerprint density at radius 2 is 2.17 bits per heavy atom.